The van der Waals surface area contributed by atoms with Gasteiger partial charge in [-0.25, -0.2) is 4.68 Å². The standard InChI is InChI=1S/C22H23ClN6O2/c23-19-6-4-16(5-7-19)17(13-28-14-24-25-26-28)9-22(31)27-10-15-8-18(12-27)20-2-1-3-21(30)29(20)11-15/h1-7,14-15,17-18H,8-13H2/t15-,17+,18+/m1/s1. The van der Waals surface area contributed by atoms with Crippen molar-refractivity contribution in [3.63, 3.8) is 0 Å². The topological polar surface area (TPSA) is 85.9 Å². The summed E-state index contributed by atoms with van der Waals surface area (Å²) in [6.07, 6.45) is 2.95. The molecule has 2 aliphatic rings. The van der Waals surface area contributed by atoms with Crippen LogP contribution in [0.2, 0.25) is 5.02 Å². The molecule has 160 valence electrons. The summed E-state index contributed by atoms with van der Waals surface area (Å²) >= 11 is 6.06. The van der Waals surface area contributed by atoms with Crippen LogP contribution in [0.5, 0.6) is 0 Å². The highest BCUT2D eigenvalue weighted by molar-refractivity contribution is 6.30. The number of amides is 1. The summed E-state index contributed by atoms with van der Waals surface area (Å²) in [5, 5.41) is 12.0. The number of nitrogens with zero attached hydrogens (tertiary/aromatic N) is 6. The Hall–Kier alpha value is -3.00. The second-order valence-electron chi connectivity index (χ2n) is 8.48. The summed E-state index contributed by atoms with van der Waals surface area (Å²) < 4.78 is 3.54. The lowest BCUT2D eigenvalue weighted by Gasteiger charge is -2.43. The number of aromatic nitrogens is 5. The molecule has 31 heavy (non-hydrogen) atoms. The Morgan fingerprint density at radius 3 is 2.74 bits per heavy atom. The molecule has 1 fully saturated rings. The normalized spacial score (nSPS) is 20.9. The second-order valence-corrected chi connectivity index (χ2v) is 8.92. The number of halogens is 1. The number of carbonyl (C=O) groups is 1. The fraction of sp³-hybridized carbons (Fsp3) is 0.409. The van der Waals surface area contributed by atoms with Gasteiger partial charge in [-0.15, -0.1) is 5.10 Å². The van der Waals surface area contributed by atoms with Crippen molar-refractivity contribution < 1.29 is 4.79 Å². The smallest absolute Gasteiger partial charge is 0.250 e. The Balaban J connectivity index is 1.35. The lowest BCUT2D eigenvalue weighted by atomic mass is 9.82. The molecule has 1 saturated heterocycles. The number of carbonyl (C=O) groups excluding carboxylic acids is 1. The van der Waals surface area contributed by atoms with Gasteiger partial charge in [-0.05, 0) is 46.5 Å². The van der Waals surface area contributed by atoms with E-state index < -0.39 is 0 Å². The van der Waals surface area contributed by atoms with Crippen LogP contribution < -0.4 is 5.56 Å². The average Bonchev–Trinajstić information content (AvgIpc) is 3.28. The first-order valence-corrected chi connectivity index (χ1v) is 10.9. The molecule has 3 aromatic rings. The molecular weight excluding hydrogens is 416 g/mol. The fourth-order valence-corrected chi connectivity index (χ4v) is 5.08. The number of pyridine rings is 1. The minimum atomic E-state index is -0.0649. The summed E-state index contributed by atoms with van der Waals surface area (Å²) in [6, 6.07) is 13.0. The fourth-order valence-electron chi connectivity index (χ4n) is 4.95. The molecule has 0 radical (unpaired) electrons. The third kappa shape index (κ3) is 4.12. The maximum absolute atomic E-state index is 13.4. The van der Waals surface area contributed by atoms with E-state index in [1.807, 2.05) is 45.9 Å². The Morgan fingerprint density at radius 1 is 1.13 bits per heavy atom. The number of tetrazole rings is 1. The first-order valence-electron chi connectivity index (χ1n) is 10.5. The monoisotopic (exact) mass is 438 g/mol. The van der Waals surface area contributed by atoms with Crippen LogP contribution in [0.25, 0.3) is 0 Å². The van der Waals surface area contributed by atoms with Crippen LogP contribution in [-0.4, -0.2) is 48.7 Å². The number of hydrogen-bond acceptors (Lipinski definition) is 5. The van der Waals surface area contributed by atoms with Gasteiger partial charge in [0.1, 0.15) is 6.33 Å². The van der Waals surface area contributed by atoms with Crippen molar-refractivity contribution in [2.24, 2.45) is 5.92 Å². The van der Waals surface area contributed by atoms with Gasteiger partial charge < -0.3 is 9.47 Å². The maximum Gasteiger partial charge on any atom is 0.250 e. The third-order valence-corrected chi connectivity index (χ3v) is 6.65. The Bertz CT molecular complexity index is 1130. The SMILES string of the molecule is O=C(C[C@@H](Cn1cnnn1)c1ccc(Cl)cc1)N1C[C@H]2C[C@@H](C1)c1cccc(=O)n1C2. The minimum Gasteiger partial charge on any atom is -0.342 e. The summed E-state index contributed by atoms with van der Waals surface area (Å²) in [5.41, 5.74) is 2.13. The molecule has 2 bridgehead atoms. The number of likely N-dealkylation sites (tertiary alicyclic amines) is 1. The summed E-state index contributed by atoms with van der Waals surface area (Å²) in [4.78, 5) is 27.6. The van der Waals surface area contributed by atoms with E-state index in [0.717, 1.165) is 17.7 Å². The van der Waals surface area contributed by atoms with Gasteiger partial charge in [0.05, 0.1) is 6.54 Å². The van der Waals surface area contributed by atoms with Crippen LogP contribution in [0.3, 0.4) is 0 Å². The van der Waals surface area contributed by atoms with Crippen LogP contribution in [0.15, 0.2) is 53.6 Å². The van der Waals surface area contributed by atoms with Gasteiger partial charge in [0.15, 0.2) is 0 Å². The molecule has 4 heterocycles. The first-order chi connectivity index (χ1) is 15.1. The molecule has 9 heteroatoms. The predicted molar refractivity (Wildman–Crippen MR) is 115 cm³/mol. The quantitative estimate of drug-likeness (QED) is 0.610. The van der Waals surface area contributed by atoms with E-state index in [4.69, 9.17) is 11.6 Å². The van der Waals surface area contributed by atoms with Gasteiger partial charge in [-0.1, -0.05) is 29.8 Å². The number of rotatable bonds is 5. The molecule has 1 aromatic carbocycles. The average molecular weight is 439 g/mol. The molecule has 0 spiro atoms. The van der Waals surface area contributed by atoms with E-state index >= 15 is 0 Å². The Labute approximate surface area is 184 Å². The molecule has 0 aliphatic carbocycles. The zero-order chi connectivity index (χ0) is 21.4. The van der Waals surface area contributed by atoms with Crippen molar-refractivity contribution >= 4 is 17.5 Å². The Morgan fingerprint density at radius 2 is 1.97 bits per heavy atom. The van der Waals surface area contributed by atoms with Crippen LogP contribution in [0.1, 0.15) is 35.9 Å². The van der Waals surface area contributed by atoms with Gasteiger partial charge in [-0.2, -0.15) is 0 Å². The molecule has 1 amide bonds. The molecule has 3 atom stereocenters. The molecule has 5 rings (SSSR count). The number of piperidine rings is 1. The zero-order valence-electron chi connectivity index (χ0n) is 17.0. The van der Waals surface area contributed by atoms with Gasteiger partial charge >= 0.3 is 0 Å². The number of hydrogen-bond donors (Lipinski definition) is 0. The molecule has 2 aliphatic heterocycles. The maximum atomic E-state index is 13.4. The van der Waals surface area contributed by atoms with Crippen molar-refractivity contribution in [3.05, 3.63) is 75.4 Å². The highest BCUT2D eigenvalue weighted by atomic mass is 35.5. The van der Waals surface area contributed by atoms with Crippen molar-refractivity contribution in [2.45, 2.75) is 37.8 Å². The lowest BCUT2D eigenvalue weighted by molar-refractivity contribution is -0.134. The van der Waals surface area contributed by atoms with Gasteiger partial charge in [0, 0.05) is 54.7 Å². The molecule has 0 unspecified atom stereocenters. The predicted octanol–water partition coefficient (Wildman–Crippen LogP) is 2.31. The third-order valence-electron chi connectivity index (χ3n) is 6.39. The first kappa shape index (κ1) is 19.9. The van der Waals surface area contributed by atoms with Crippen LogP contribution in [0, 0.1) is 5.92 Å². The van der Waals surface area contributed by atoms with Crippen molar-refractivity contribution in [3.8, 4) is 0 Å². The largest absolute Gasteiger partial charge is 0.342 e. The van der Waals surface area contributed by atoms with E-state index in [9.17, 15) is 9.59 Å². The lowest BCUT2D eigenvalue weighted by Crippen LogP contribution is -2.49. The van der Waals surface area contributed by atoms with Gasteiger partial charge in [-0.3, -0.25) is 9.59 Å². The minimum absolute atomic E-state index is 0.0521. The van der Waals surface area contributed by atoms with Gasteiger partial charge in [0.25, 0.3) is 5.56 Å². The van der Waals surface area contributed by atoms with Gasteiger partial charge in [0.2, 0.25) is 5.91 Å². The highest BCUT2D eigenvalue weighted by Crippen LogP contribution is 2.36. The molecule has 8 nitrogen and oxygen atoms in total. The summed E-state index contributed by atoms with van der Waals surface area (Å²) in [7, 11) is 0. The van der Waals surface area contributed by atoms with Crippen LogP contribution in [0.4, 0.5) is 0 Å². The van der Waals surface area contributed by atoms with E-state index in [1.165, 1.54) is 0 Å². The van der Waals surface area contributed by atoms with Crippen LogP contribution >= 0.6 is 11.6 Å². The Kier molecular flexibility index (Phi) is 5.31. The van der Waals surface area contributed by atoms with Crippen molar-refractivity contribution in [2.75, 3.05) is 13.1 Å². The zero-order valence-corrected chi connectivity index (χ0v) is 17.7. The van der Waals surface area contributed by atoms with E-state index in [0.29, 0.717) is 43.5 Å². The van der Waals surface area contributed by atoms with Crippen molar-refractivity contribution in [1.82, 2.24) is 29.7 Å². The van der Waals surface area contributed by atoms with Crippen molar-refractivity contribution in [1.29, 1.82) is 0 Å². The van der Waals surface area contributed by atoms with Crippen LogP contribution in [-0.2, 0) is 17.9 Å². The summed E-state index contributed by atoms with van der Waals surface area (Å²) in [6.45, 7) is 2.53. The molecule has 0 N–H and O–H groups in total. The number of fused-ring (bicyclic) bond motifs is 4. The van der Waals surface area contributed by atoms with E-state index in [2.05, 4.69) is 15.5 Å². The highest BCUT2D eigenvalue weighted by Gasteiger charge is 2.36. The van der Waals surface area contributed by atoms with E-state index in [1.54, 1.807) is 17.1 Å². The molecule has 0 saturated carbocycles. The molecular formula is C22H23ClN6O2. The summed E-state index contributed by atoms with van der Waals surface area (Å²) in [5.74, 6) is 0.571. The number of benzene rings is 1. The van der Waals surface area contributed by atoms with E-state index in [-0.39, 0.29) is 23.3 Å². The second kappa shape index (κ2) is 8.26. The molecule has 2 aromatic heterocycles.